The van der Waals surface area contributed by atoms with E-state index in [-0.39, 0.29) is 11.7 Å². The van der Waals surface area contributed by atoms with Gasteiger partial charge >= 0.3 is 5.97 Å². The molecule has 3 nitrogen and oxygen atoms in total. The number of thioether (sulfide) groups is 1. The van der Waals surface area contributed by atoms with E-state index in [1.54, 1.807) is 24.0 Å². The van der Waals surface area contributed by atoms with Crippen molar-refractivity contribution in [1.82, 2.24) is 4.98 Å². The van der Waals surface area contributed by atoms with Gasteiger partial charge in [0.1, 0.15) is 5.15 Å². The summed E-state index contributed by atoms with van der Waals surface area (Å²) in [5.41, 5.74) is 1.06. The van der Waals surface area contributed by atoms with Crippen LogP contribution in [0, 0.1) is 0 Å². The van der Waals surface area contributed by atoms with Crippen LogP contribution >= 0.6 is 23.4 Å². The number of aliphatic carboxylic acids is 1. The number of aromatic nitrogens is 1. The predicted molar refractivity (Wildman–Crippen MR) is 62.3 cm³/mol. The second kappa shape index (κ2) is 5.98. The highest BCUT2D eigenvalue weighted by atomic mass is 35.5. The van der Waals surface area contributed by atoms with E-state index in [0.29, 0.717) is 5.15 Å². The first-order valence-corrected chi connectivity index (χ1v) is 5.94. The third kappa shape index (κ3) is 5.04. The highest BCUT2D eigenvalue weighted by Crippen LogP contribution is 2.20. The number of halogens is 1. The Balaban J connectivity index is 2.36. The minimum absolute atomic E-state index is 0.109. The zero-order valence-electron chi connectivity index (χ0n) is 8.31. The van der Waals surface area contributed by atoms with Crippen molar-refractivity contribution in [3.8, 4) is 0 Å². The monoisotopic (exact) mass is 245 g/mol. The van der Waals surface area contributed by atoms with E-state index < -0.39 is 5.97 Å². The van der Waals surface area contributed by atoms with Gasteiger partial charge in [-0.3, -0.25) is 4.79 Å². The Labute approximate surface area is 97.9 Å². The zero-order chi connectivity index (χ0) is 11.3. The van der Waals surface area contributed by atoms with Gasteiger partial charge in [-0.2, -0.15) is 11.8 Å². The van der Waals surface area contributed by atoms with Crippen LogP contribution in [0.4, 0.5) is 0 Å². The molecule has 0 radical (unpaired) electrons. The molecular weight excluding hydrogens is 234 g/mol. The largest absolute Gasteiger partial charge is 0.481 e. The Morgan fingerprint density at radius 3 is 2.93 bits per heavy atom. The summed E-state index contributed by atoms with van der Waals surface area (Å²) in [5, 5.41) is 9.16. The number of hydrogen-bond donors (Lipinski definition) is 1. The fourth-order valence-electron chi connectivity index (χ4n) is 1.04. The van der Waals surface area contributed by atoms with Crippen molar-refractivity contribution in [3.63, 3.8) is 0 Å². The van der Waals surface area contributed by atoms with Crippen molar-refractivity contribution < 1.29 is 9.90 Å². The topological polar surface area (TPSA) is 50.2 Å². The molecule has 15 heavy (non-hydrogen) atoms. The van der Waals surface area contributed by atoms with Crippen molar-refractivity contribution in [2.24, 2.45) is 0 Å². The van der Waals surface area contributed by atoms with E-state index in [9.17, 15) is 4.79 Å². The maximum absolute atomic E-state index is 10.4. The van der Waals surface area contributed by atoms with Gasteiger partial charge in [-0.25, -0.2) is 4.98 Å². The molecule has 1 aromatic rings. The lowest BCUT2D eigenvalue weighted by Crippen LogP contribution is -2.05. The highest BCUT2D eigenvalue weighted by molar-refractivity contribution is 7.99. The smallest absolute Gasteiger partial charge is 0.304 e. The molecular formula is C10H12ClNO2S. The van der Waals surface area contributed by atoms with Crippen molar-refractivity contribution in [3.05, 3.63) is 29.0 Å². The van der Waals surface area contributed by atoms with Gasteiger partial charge in [-0.05, 0) is 11.6 Å². The summed E-state index contributed by atoms with van der Waals surface area (Å²) in [5.74, 6) is 0.00254. The average Bonchev–Trinajstić information content (AvgIpc) is 2.16. The molecule has 0 aromatic carbocycles. The van der Waals surface area contributed by atoms with Gasteiger partial charge in [-0.1, -0.05) is 24.6 Å². The zero-order valence-corrected chi connectivity index (χ0v) is 9.88. The minimum Gasteiger partial charge on any atom is -0.481 e. The van der Waals surface area contributed by atoms with Gasteiger partial charge in [0.15, 0.2) is 0 Å². The van der Waals surface area contributed by atoms with Crippen molar-refractivity contribution in [2.75, 3.05) is 0 Å². The van der Waals surface area contributed by atoms with Gasteiger partial charge in [0.2, 0.25) is 0 Å². The second-order valence-corrected chi connectivity index (χ2v) is 5.02. The normalized spacial score (nSPS) is 12.4. The first-order chi connectivity index (χ1) is 7.08. The van der Waals surface area contributed by atoms with Crippen LogP contribution in [0.1, 0.15) is 18.9 Å². The molecule has 5 heteroatoms. The van der Waals surface area contributed by atoms with Crippen molar-refractivity contribution in [1.29, 1.82) is 0 Å². The summed E-state index contributed by atoms with van der Waals surface area (Å²) < 4.78 is 0. The Kier molecular flexibility index (Phi) is 4.91. The Morgan fingerprint density at radius 2 is 2.40 bits per heavy atom. The molecule has 0 fully saturated rings. The summed E-state index contributed by atoms with van der Waals surface area (Å²) >= 11 is 7.25. The summed E-state index contributed by atoms with van der Waals surface area (Å²) in [7, 11) is 0. The van der Waals surface area contributed by atoms with E-state index >= 15 is 0 Å². The Morgan fingerprint density at radius 1 is 1.67 bits per heavy atom. The Bertz CT molecular complexity index is 329. The van der Waals surface area contributed by atoms with E-state index in [1.165, 1.54) is 0 Å². The predicted octanol–water partition coefficient (Wildman–Crippen LogP) is 2.83. The molecule has 0 saturated heterocycles. The van der Waals surface area contributed by atoms with Crippen LogP contribution < -0.4 is 0 Å². The third-order valence-electron chi connectivity index (χ3n) is 1.79. The number of hydrogen-bond acceptors (Lipinski definition) is 3. The number of carbonyl (C=O) groups is 1. The average molecular weight is 246 g/mol. The fraction of sp³-hybridized carbons (Fsp3) is 0.400. The number of nitrogens with zero attached hydrogens (tertiary/aromatic N) is 1. The van der Waals surface area contributed by atoms with Crippen LogP contribution in [0.2, 0.25) is 5.15 Å². The van der Waals surface area contributed by atoms with Crippen LogP contribution in [0.15, 0.2) is 18.3 Å². The van der Waals surface area contributed by atoms with Gasteiger partial charge in [-0.15, -0.1) is 0 Å². The van der Waals surface area contributed by atoms with Crippen LogP contribution in [-0.4, -0.2) is 21.3 Å². The molecule has 1 rings (SSSR count). The first kappa shape index (κ1) is 12.3. The summed E-state index contributed by atoms with van der Waals surface area (Å²) in [6.45, 7) is 1.90. The van der Waals surface area contributed by atoms with Crippen LogP contribution in [0.5, 0.6) is 0 Å². The van der Waals surface area contributed by atoms with Gasteiger partial charge in [0.25, 0.3) is 0 Å². The quantitative estimate of drug-likeness (QED) is 0.811. The summed E-state index contributed by atoms with van der Waals surface area (Å²) in [4.78, 5) is 14.4. The molecule has 0 aliphatic carbocycles. The van der Waals surface area contributed by atoms with Gasteiger partial charge < -0.3 is 5.11 Å². The van der Waals surface area contributed by atoms with Crippen LogP contribution in [0.3, 0.4) is 0 Å². The molecule has 0 bridgehead atoms. The second-order valence-electron chi connectivity index (χ2n) is 3.21. The number of rotatable bonds is 5. The molecule has 0 saturated carbocycles. The fourth-order valence-corrected chi connectivity index (χ4v) is 2.06. The molecule has 1 unspecified atom stereocenters. The lowest BCUT2D eigenvalue weighted by atomic mass is 10.3. The van der Waals surface area contributed by atoms with Crippen LogP contribution in [-0.2, 0) is 10.5 Å². The molecule has 1 aromatic heterocycles. The molecule has 1 heterocycles. The molecule has 82 valence electrons. The van der Waals surface area contributed by atoms with E-state index in [0.717, 1.165) is 11.3 Å². The summed E-state index contributed by atoms with van der Waals surface area (Å²) in [6.07, 6.45) is 1.90. The minimum atomic E-state index is -0.760. The lowest BCUT2D eigenvalue weighted by Gasteiger charge is -2.07. The number of carboxylic acids is 1. The third-order valence-corrected chi connectivity index (χ3v) is 3.24. The van der Waals surface area contributed by atoms with Crippen molar-refractivity contribution >= 4 is 29.3 Å². The first-order valence-electron chi connectivity index (χ1n) is 4.51. The molecule has 0 spiro atoms. The van der Waals surface area contributed by atoms with Gasteiger partial charge in [0.05, 0.1) is 6.42 Å². The van der Waals surface area contributed by atoms with Crippen molar-refractivity contribution in [2.45, 2.75) is 24.3 Å². The molecule has 0 aliphatic rings. The molecule has 0 aliphatic heterocycles. The number of pyridine rings is 1. The van der Waals surface area contributed by atoms with E-state index in [4.69, 9.17) is 16.7 Å². The maximum Gasteiger partial charge on any atom is 0.304 e. The van der Waals surface area contributed by atoms with E-state index in [2.05, 4.69) is 4.98 Å². The lowest BCUT2D eigenvalue weighted by molar-refractivity contribution is -0.136. The molecule has 0 amide bonds. The SMILES string of the molecule is CC(CC(=O)O)SCc1ccc(Cl)nc1. The Hall–Kier alpha value is -0.740. The molecule has 1 N–H and O–H groups in total. The summed E-state index contributed by atoms with van der Waals surface area (Å²) in [6, 6.07) is 3.63. The highest BCUT2D eigenvalue weighted by Gasteiger charge is 2.07. The number of carboxylic acid groups (broad SMARTS) is 1. The van der Waals surface area contributed by atoms with Gasteiger partial charge in [0, 0.05) is 17.2 Å². The van der Waals surface area contributed by atoms with Crippen LogP contribution in [0.25, 0.3) is 0 Å². The van der Waals surface area contributed by atoms with E-state index in [1.807, 2.05) is 13.0 Å². The maximum atomic E-state index is 10.4. The standard InChI is InChI=1S/C10H12ClNO2S/c1-7(4-10(13)14)15-6-8-2-3-9(11)12-5-8/h2-3,5,7H,4,6H2,1H3,(H,13,14). The molecule has 1 atom stereocenters.